The van der Waals surface area contributed by atoms with Crippen molar-refractivity contribution in [3.05, 3.63) is 91.0 Å². The maximum absolute atomic E-state index is 15.0. The molecule has 3 atom stereocenters. The molecule has 0 radical (unpaired) electrons. The molecule has 1 saturated carbocycles. The molecule has 0 bridgehead atoms. The Labute approximate surface area is 317 Å². The van der Waals surface area contributed by atoms with E-state index in [0.717, 1.165) is 102 Å². The van der Waals surface area contributed by atoms with Gasteiger partial charge >= 0.3 is 6.09 Å². The van der Waals surface area contributed by atoms with Gasteiger partial charge in [0.05, 0.1) is 28.8 Å². The number of benzene rings is 2. The van der Waals surface area contributed by atoms with Gasteiger partial charge in [-0.3, -0.25) is 9.78 Å². The standard InChI is InChI=1S/C41H51FN6O5S/c1-3-39(49)44-33-22-36(24-43-23-33)54(51,52)35-13-11-34(12-14-35)48-26-29(27-48)25-46-19-15-30(16-20-46)41(28-47-17-6-18-47,31-7-4-8-32(42)21-31)37-9-5-10-38(37)45-40(50)53-2/h3-4,7-8,11-14,21-24,29-30,37-38H,1,5-6,9-10,15-20,25-28H2,2H3,(H,44,49)(H,45,50)/t37-,38-,41-/m0/s1. The molecule has 4 heterocycles. The zero-order valence-electron chi connectivity index (χ0n) is 31.0. The van der Waals surface area contributed by atoms with E-state index in [1.807, 2.05) is 18.2 Å². The molecule has 3 aromatic rings. The summed E-state index contributed by atoms with van der Waals surface area (Å²) in [5.41, 5.74) is 2.03. The third-order valence-corrected chi connectivity index (χ3v) is 14.0. The number of carbonyl (C=O) groups excluding carboxylic acids is 2. The molecule has 2 aromatic carbocycles. The number of ether oxygens (including phenoxy) is 1. The lowest BCUT2D eigenvalue weighted by molar-refractivity contribution is -0.111. The van der Waals surface area contributed by atoms with Gasteiger partial charge in [0.15, 0.2) is 0 Å². The predicted molar refractivity (Wildman–Crippen MR) is 206 cm³/mol. The number of nitrogens with one attached hydrogen (secondary N) is 2. The van der Waals surface area contributed by atoms with Gasteiger partial charge in [-0.15, -0.1) is 0 Å². The van der Waals surface area contributed by atoms with Crippen molar-refractivity contribution in [3.8, 4) is 0 Å². The van der Waals surface area contributed by atoms with Crippen LogP contribution in [-0.4, -0.2) is 101 Å². The Hall–Kier alpha value is -4.33. The molecule has 4 fully saturated rings. The number of piperidine rings is 1. The Morgan fingerprint density at radius 3 is 2.39 bits per heavy atom. The minimum absolute atomic E-state index is 0.000427. The Morgan fingerprint density at radius 2 is 1.72 bits per heavy atom. The van der Waals surface area contributed by atoms with E-state index in [9.17, 15) is 22.4 Å². The Bertz CT molecular complexity index is 1930. The largest absolute Gasteiger partial charge is 0.453 e. The van der Waals surface area contributed by atoms with Crippen LogP contribution in [0.3, 0.4) is 0 Å². The molecule has 1 aliphatic carbocycles. The summed E-state index contributed by atoms with van der Waals surface area (Å²) in [6.07, 6.45) is 9.49. The summed E-state index contributed by atoms with van der Waals surface area (Å²) < 4.78 is 46.7. The minimum atomic E-state index is -3.83. The number of carbonyl (C=O) groups is 2. The van der Waals surface area contributed by atoms with Crippen LogP contribution < -0.4 is 15.5 Å². The lowest BCUT2D eigenvalue weighted by atomic mass is 9.57. The van der Waals surface area contributed by atoms with Gasteiger partial charge in [0.2, 0.25) is 15.7 Å². The maximum atomic E-state index is 15.0. The predicted octanol–water partition coefficient (Wildman–Crippen LogP) is 5.49. The highest BCUT2D eigenvalue weighted by Crippen LogP contribution is 2.51. The number of anilines is 2. The molecule has 7 rings (SSSR count). The second kappa shape index (κ2) is 16.2. The fourth-order valence-corrected chi connectivity index (χ4v) is 10.7. The molecule has 288 valence electrons. The van der Waals surface area contributed by atoms with Gasteiger partial charge in [-0.2, -0.15) is 0 Å². The number of halogens is 1. The summed E-state index contributed by atoms with van der Waals surface area (Å²) in [6, 6.07) is 15.6. The van der Waals surface area contributed by atoms with Crippen molar-refractivity contribution in [3.63, 3.8) is 0 Å². The highest BCUT2D eigenvalue weighted by molar-refractivity contribution is 7.91. The van der Waals surface area contributed by atoms with Gasteiger partial charge in [0.25, 0.3) is 0 Å². The molecule has 0 spiro atoms. The molecule has 1 aromatic heterocycles. The van der Waals surface area contributed by atoms with E-state index >= 15 is 0 Å². The number of aromatic nitrogens is 1. The molecule has 2 N–H and O–H groups in total. The maximum Gasteiger partial charge on any atom is 0.407 e. The zero-order valence-corrected chi connectivity index (χ0v) is 31.8. The average molecular weight is 759 g/mol. The third-order valence-electron chi connectivity index (χ3n) is 12.2. The van der Waals surface area contributed by atoms with Gasteiger partial charge in [-0.25, -0.2) is 17.6 Å². The van der Waals surface area contributed by atoms with Gasteiger partial charge in [-0.05, 0) is 124 Å². The molecule has 11 nitrogen and oxygen atoms in total. The van der Waals surface area contributed by atoms with Crippen LogP contribution in [-0.2, 0) is 24.8 Å². The molecule has 3 saturated heterocycles. The van der Waals surface area contributed by atoms with E-state index < -0.39 is 21.8 Å². The molecular formula is C41H51FN6O5S. The quantitative estimate of drug-likeness (QED) is 0.218. The first kappa shape index (κ1) is 38.0. The van der Waals surface area contributed by atoms with Crippen molar-refractivity contribution in [2.75, 3.05) is 69.7 Å². The first-order valence-corrected chi connectivity index (χ1v) is 20.6. The van der Waals surface area contributed by atoms with Crippen molar-refractivity contribution < 1.29 is 27.1 Å². The monoisotopic (exact) mass is 758 g/mol. The van der Waals surface area contributed by atoms with Crippen LogP contribution in [0, 0.1) is 23.6 Å². The van der Waals surface area contributed by atoms with E-state index in [1.54, 1.807) is 18.2 Å². The highest BCUT2D eigenvalue weighted by atomic mass is 32.2. The van der Waals surface area contributed by atoms with Gasteiger partial charge in [-0.1, -0.05) is 25.1 Å². The van der Waals surface area contributed by atoms with Crippen molar-refractivity contribution in [2.45, 2.75) is 59.8 Å². The second-order valence-electron chi connectivity index (χ2n) is 15.4. The number of amides is 2. The molecule has 54 heavy (non-hydrogen) atoms. The van der Waals surface area contributed by atoms with E-state index in [4.69, 9.17) is 4.74 Å². The number of pyridine rings is 1. The number of rotatable bonds is 13. The Kier molecular flexibility index (Phi) is 11.4. The van der Waals surface area contributed by atoms with Crippen LogP contribution in [0.1, 0.15) is 44.1 Å². The van der Waals surface area contributed by atoms with Gasteiger partial charge < -0.3 is 30.1 Å². The molecule has 4 aliphatic rings. The number of methoxy groups -OCH3 is 1. The number of sulfone groups is 1. The molecule has 0 unspecified atom stereocenters. The van der Waals surface area contributed by atoms with E-state index in [2.05, 4.69) is 43.0 Å². The third kappa shape index (κ3) is 7.90. The first-order valence-electron chi connectivity index (χ1n) is 19.1. The SMILES string of the molecule is C=CC(=O)Nc1cncc(S(=O)(=O)c2ccc(N3CC(CN4CCC([C@@](CN5CCC5)(c5cccc(F)c5)[C@H]5CCC[C@@H]5NC(=O)OC)CC4)C3)cc2)c1. The first-order chi connectivity index (χ1) is 26.1. The summed E-state index contributed by atoms with van der Waals surface area (Å²) in [7, 11) is -2.42. The summed E-state index contributed by atoms with van der Waals surface area (Å²) in [5, 5.41) is 5.73. The molecule has 3 aliphatic heterocycles. The van der Waals surface area contributed by atoms with E-state index in [0.29, 0.717) is 11.8 Å². The van der Waals surface area contributed by atoms with Crippen LogP contribution in [0.5, 0.6) is 0 Å². The minimum Gasteiger partial charge on any atom is -0.453 e. The lowest BCUT2D eigenvalue weighted by Crippen LogP contribution is -2.60. The van der Waals surface area contributed by atoms with Crippen molar-refractivity contribution >= 4 is 33.2 Å². The van der Waals surface area contributed by atoms with Crippen LogP contribution in [0.2, 0.25) is 0 Å². The van der Waals surface area contributed by atoms with Crippen LogP contribution in [0.4, 0.5) is 20.6 Å². The van der Waals surface area contributed by atoms with E-state index in [-0.39, 0.29) is 38.7 Å². The van der Waals surface area contributed by atoms with Crippen molar-refractivity contribution in [2.24, 2.45) is 17.8 Å². The smallest absolute Gasteiger partial charge is 0.407 e. The average Bonchev–Trinajstić information content (AvgIpc) is 3.61. The summed E-state index contributed by atoms with van der Waals surface area (Å²) in [6.45, 7) is 11.1. The Morgan fingerprint density at radius 1 is 0.963 bits per heavy atom. The number of hydrogen-bond acceptors (Lipinski definition) is 9. The number of nitrogens with zero attached hydrogens (tertiary/aromatic N) is 4. The molecule has 13 heteroatoms. The van der Waals surface area contributed by atoms with E-state index in [1.165, 1.54) is 38.1 Å². The lowest BCUT2D eigenvalue weighted by Gasteiger charge is -2.54. The van der Waals surface area contributed by atoms with Crippen LogP contribution in [0.25, 0.3) is 0 Å². The van der Waals surface area contributed by atoms with Crippen molar-refractivity contribution in [1.29, 1.82) is 0 Å². The van der Waals surface area contributed by atoms with Crippen molar-refractivity contribution in [1.82, 2.24) is 20.1 Å². The molecule has 2 amide bonds. The van der Waals surface area contributed by atoms with Crippen LogP contribution >= 0.6 is 0 Å². The highest BCUT2D eigenvalue weighted by Gasteiger charge is 2.53. The van der Waals surface area contributed by atoms with Gasteiger partial charge in [0.1, 0.15) is 5.82 Å². The number of likely N-dealkylation sites (tertiary alicyclic amines) is 2. The summed E-state index contributed by atoms with van der Waals surface area (Å²) >= 11 is 0. The summed E-state index contributed by atoms with van der Waals surface area (Å²) in [5.74, 6) is 0.374. The van der Waals surface area contributed by atoms with Crippen LogP contribution in [0.15, 0.2) is 89.4 Å². The zero-order chi connectivity index (χ0) is 37.9. The fraction of sp³-hybridized carbons (Fsp3) is 0.488. The Balaban J connectivity index is 0.990. The fourth-order valence-electron chi connectivity index (χ4n) is 9.43. The van der Waals surface area contributed by atoms with Gasteiger partial charge in [0, 0.05) is 55.4 Å². The second-order valence-corrected chi connectivity index (χ2v) is 17.4. The number of hydrogen-bond donors (Lipinski definition) is 2. The number of alkyl carbamates (subject to hydrolysis) is 1. The topological polar surface area (TPSA) is 124 Å². The summed E-state index contributed by atoms with van der Waals surface area (Å²) in [4.78, 5) is 35.7. The normalized spacial score (nSPS) is 22.4. The molecular weight excluding hydrogens is 708 g/mol.